The Kier molecular flexibility index (Phi) is 13.0. The van der Waals surface area contributed by atoms with E-state index in [1.807, 2.05) is 6.07 Å². The van der Waals surface area contributed by atoms with E-state index < -0.39 is 68.5 Å². The van der Waals surface area contributed by atoms with Crippen LogP contribution in [0.5, 0.6) is 5.75 Å². The average molecular weight is 721 g/mol. The quantitative estimate of drug-likeness (QED) is 0.0546. The second kappa shape index (κ2) is 16.1. The van der Waals surface area contributed by atoms with Crippen molar-refractivity contribution in [3.8, 4) is 5.75 Å². The van der Waals surface area contributed by atoms with Crippen LogP contribution in [-0.2, 0) is 20.2 Å². The van der Waals surface area contributed by atoms with Crippen LogP contribution in [0.15, 0.2) is 131 Å². The van der Waals surface area contributed by atoms with Crippen molar-refractivity contribution in [3.05, 3.63) is 101 Å². The first-order valence-electron chi connectivity index (χ1n) is 12.9. The predicted molar refractivity (Wildman–Crippen MR) is 164 cm³/mol. The second-order valence-electron chi connectivity index (χ2n) is 9.44. The molecule has 0 saturated heterocycles. The van der Waals surface area contributed by atoms with Crippen molar-refractivity contribution in [1.29, 1.82) is 0 Å². The molecule has 0 aliphatic heterocycles. The Morgan fingerprint density at radius 1 is 0.612 bits per heavy atom. The number of nitro benzene ring substituents is 1. The minimum Gasteiger partial charge on any atom is -0.744 e. The fourth-order valence-electron chi connectivity index (χ4n) is 4.14. The number of aromatic hydroxyl groups is 1. The van der Waals surface area contributed by atoms with Gasteiger partial charge in [0.25, 0.3) is 5.69 Å². The Balaban J connectivity index is 0.00000325. The number of anilines is 1. The van der Waals surface area contributed by atoms with Gasteiger partial charge in [-0.1, -0.05) is 18.2 Å². The molecule has 0 unspecified atom stereocenters. The third-order valence-electron chi connectivity index (χ3n) is 6.33. The molecule has 0 saturated carbocycles. The van der Waals surface area contributed by atoms with Crippen LogP contribution in [0, 0.1) is 10.1 Å². The number of fused-ring (bicyclic) bond motifs is 1. The molecule has 0 heterocycles. The zero-order valence-corrected chi connectivity index (χ0v) is 31.0. The van der Waals surface area contributed by atoms with Gasteiger partial charge in [0, 0.05) is 12.1 Å². The van der Waals surface area contributed by atoms with Crippen LogP contribution in [-0.4, -0.2) is 36.0 Å². The average Bonchev–Trinajstić information content (AvgIpc) is 3.02. The molecule has 0 radical (unpaired) electrons. The summed E-state index contributed by atoms with van der Waals surface area (Å²) in [6.07, 6.45) is 0. The molecule has 238 valence electrons. The van der Waals surface area contributed by atoms with Gasteiger partial charge in [-0.05, 0) is 66.0 Å². The minimum absolute atomic E-state index is 0. The van der Waals surface area contributed by atoms with Crippen molar-refractivity contribution in [3.63, 3.8) is 0 Å². The van der Waals surface area contributed by atoms with Crippen molar-refractivity contribution in [1.82, 2.24) is 0 Å². The molecule has 0 bridgehead atoms. The Morgan fingerprint density at radius 3 is 1.45 bits per heavy atom. The predicted octanol–water partition coefficient (Wildman–Crippen LogP) is 1.10. The summed E-state index contributed by atoms with van der Waals surface area (Å²) >= 11 is 0. The van der Waals surface area contributed by atoms with E-state index in [-0.39, 0.29) is 76.2 Å². The van der Waals surface area contributed by atoms with E-state index >= 15 is 0 Å². The number of rotatable bonds is 9. The normalized spacial score (nSPS) is 12.0. The number of hydrogen-bond acceptors (Lipinski definition) is 16. The molecule has 5 rings (SSSR count). The van der Waals surface area contributed by atoms with Crippen molar-refractivity contribution >= 4 is 76.5 Å². The number of benzene rings is 5. The summed E-state index contributed by atoms with van der Waals surface area (Å²) in [6.45, 7) is 0. The largest absolute Gasteiger partial charge is 1.00 e. The number of non-ortho nitro benzene ring substituents is 1. The Bertz CT molecular complexity index is 2340. The number of phenols is 1. The molecule has 21 heteroatoms. The molecule has 49 heavy (non-hydrogen) atoms. The molecule has 5 aromatic rings. The fourth-order valence-corrected chi connectivity index (χ4v) is 5.45. The first kappa shape index (κ1) is 39.4. The van der Waals surface area contributed by atoms with E-state index in [2.05, 4.69) is 30.7 Å². The number of azo groups is 3. The first-order valence-corrected chi connectivity index (χ1v) is 15.7. The van der Waals surface area contributed by atoms with Gasteiger partial charge in [0.15, 0.2) is 5.75 Å². The monoisotopic (exact) mass is 720 g/mol. The van der Waals surface area contributed by atoms with Crippen LogP contribution in [0.4, 0.5) is 45.5 Å². The summed E-state index contributed by atoms with van der Waals surface area (Å²) in [4.78, 5) is 8.10. The maximum absolute atomic E-state index is 12.2. The molecular formula is C28H18N8Na2O9S2. The van der Waals surface area contributed by atoms with Gasteiger partial charge in [-0.3, -0.25) is 10.1 Å². The second-order valence-corrected chi connectivity index (χ2v) is 12.1. The van der Waals surface area contributed by atoms with Crippen molar-refractivity contribution in [2.75, 3.05) is 5.73 Å². The molecule has 0 amide bonds. The standard InChI is InChI=1S/C28H20N8O9S2.2Na/c29-25-24-16(14-22(46(40,41)42)26(25)34-32-20-10-12-21(13-11-20)36(38)39)15-23(47(43,44)45)27(28(24)37)35-33-19-8-6-18(7-9-19)31-30-17-4-2-1-3-5-17;;/h1-15,37H,29H2,(H,40,41,42)(H,43,44,45);;/q;2*+1/p-2. The van der Waals surface area contributed by atoms with Gasteiger partial charge in [-0.15, -0.1) is 10.2 Å². The van der Waals surface area contributed by atoms with Crippen LogP contribution in [0.3, 0.4) is 0 Å². The summed E-state index contributed by atoms with van der Waals surface area (Å²) < 4.78 is 72.9. The molecule has 0 aromatic heterocycles. The van der Waals surface area contributed by atoms with Gasteiger partial charge in [0.05, 0.1) is 48.5 Å². The number of nitro groups is 1. The maximum Gasteiger partial charge on any atom is 1.00 e. The van der Waals surface area contributed by atoms with Crippen LogP contribution in [0.2, 0.25) is 0 Å². The molecule has 0 fully saturated rings. The molecule has 0 aliphatic rings. The zero-order valence-electron chi connectivity index (χ0n) is 25.4. The minimum atomic E-state index is -5.37. The number of hydrogen-bond donors (Lipinski definition) is 2. The van der Waals surface area contributed by atoms with Gasteiger partial charge in [-0.25, -0.2) is 16.8 Å². The summed E-state index contributed by atoms with van der Waals surface area (Å²) in [7, 11) is -10.7. The summed E-state index contributed by atoms with van der Waals surface area (Å²) in [5, 5.41) is 44.5. The van der Waals surface area contributed by atoms with Crippen LogP contribution >= 0.6 is 0 Å². The fraction of sp³-hybridized carbons (Fsp3) is 0. The Morgan fingerprint density at radius 2 is 1.00 bits per heavy atom. The van der Waals surface area contributed by atoms with Gasteiger partial charge in [0.1, 0.15) is 31.6 Å². The molecule has 17 nitrogen and oxygen atoms in total. The molecule has 5 aromatic carbocycles. The number of phenolic OH excluding ortho intramolecular Hbond substituents is 1. The third-order valence-corrected chi connectivity index (χ3v) is 8.03. The van der Waals surface area contributed by atoms with Gasteiger partial charge in [0.2, 0.25) is 0 Å². The zero-order chi connectivity index (χ0) is 33.9. The third kappa shape index (κ3) is 9.36. The van der Waals surface area contributed by atoms with E-state index in [4.69, 9.17) is 5.73 Å². The summed E-state index contributed by atoms with van der Waals surface area (Å²) in [5.74, 6) is -0.993. The van der Waals surface area contributed by atoms with Gasteiger partial charge in [-0.2, -0.15) is 20.5 Å². The van der Waals surface area contributed by atoms with E-state index in [1.165, 1.54) is 36.4 Å². The number of nitrogens with zero attached hydrogens (tertiary/aromatic N) is 7. The van der Waals surface area contributed by atoms with Crippen molar-refractivity contribution in [2.45, 2.75) is 9.79 Å². The van der Waals surface area contributed by atoms with Gasteiger partial charge >= 0.3 is 59.1 Å². The smallest absolute Gasteiger partial charge is 0.744 e. The van der Waals surface area contributed by atoms with Crippen molar-refractivity contribution < 1.29 is 95.1 Å². The molecule has 3 N–H and O–H groups in total. The number of nitrogen functional groups attached to an aromatic ring is 1. The molecular weight excluding hydrogens is 702 g/mol. The topological polar surface area (TPSA) is 278 Å². The van der Waals surface area contributed by atoms with E-state index in [0.29, 0.717) is 23.5 Å². The van der Waals surface area contributed by atoms with Crippen LogP contribution in [0.1, 0.15) is 0 Å². The Hall–Kier alpha value is -4.02. The molecule has 0 aliphatic carbocycles. The molecule has 0 atom stereocenters. The Labute approximate surface area is 321 Å². The van der Waals surface area contributed by atoms with E-state index in [9.17, 15) is 41.2 Å². The van der Waals surface area contributed by atoms with Crippen molar-refractivity contribution in [2.24, 2.45) is 30.7 Å². The van der Waals surface area contributed by atoms with Gasteiger partial charge < -0.3 is 19.9 Å². The summed E-state index contributed by atoms with van der Waals surface area (Å²) in [6, 6.07) is 20.8. The van der Waals surface area contributed by atoms with Crippen LogP contribution in [0.25, 0.3) is 10.8 Å². The summed E-state index contributed by atoms with van der Waals surface area (Å²) in [5.41, 5.74) is 4.88. The van der Waals surface area contributed by atoms with E-state index in [1.54, 1.807) is 24.3 Å². The number of nitrogens with two attached hydrogens (primary N) is 1. The molecule has 0 spiro atoms. The first-order chi connectivity index (χ1) is 22.2. The van der Waals surface area contributed by atoms with Crippen LogP contribution < -0.4 is 64.8 Å². The maximum atomic E-state index is 12.2. The SMILES string of the molecule is Nc1c(N=Nc2ccc([N+](=O)[O-])cc2)c(S(=O)(=O)[O-])cc2cc(S(=O)(=O)[O-])c(N=Nc3ccc(N=Nc4ccccc4)cc3)c(O)c12.[Na+].[Na+]. The van der Waals surface area contributed by atoms with E-state index in [0.717, 1.165) is 12.1 Å².